The van der Waals surface area contributed by atoms with E-state index in [1.807, 2.05) is 30.5 Å². The molecule has 3 aromatic rings. The first kappa shape index (κ1) is 22.8. The number of carbonyl (C=O) groups is 1. The molecule has 0 saturated carbocycles. The third-order valence-electron chi connectivity index (χ3n) is 5.45. The highest BCUT2D eigenvalue weighted by Gasteiger charge is 2.26. The Hall–Kier alpha value is -3.34. The van der Waals surface area contributed by atoms with Gasteiger partial charge in [-0.3, -0.25) is 9.48 Å². The summed E-state index contributed by atoms with van der Waals surface area (Å²) >= 11 is 0. The maximum absolute atomic E-state index is 12.8. The molecule has 0 bridgehead atoms. The Bertz CT molecular complexity index is 1140. The molecule has 0 radical (unpaired) electrons. The molecular weight excluding hydrogens is 422 g/mol. The zero-order valence-electron chi connectivity index (χ0n) is 18.7. The van der Waals surface area contributed by atoms with Crippen molar-refractivity contribution < 1.29 is 15.0 Å². The van der Waals surface area contributed by atoms with Crippen LogP contribution < -0.4 is 16.4 Å². The number of aromatic nitrogens is 4. The highest BCUT2D eigenvalue weighted by Crippen LogP contribution is 2.26. The minimum absolute atomic E-state index is 0.0219. The van der Waals surface area contributed by atoms with Gasteiger partial charge in [-0.2, -0.15) is 5.10 Å². The van der Waals surface area contributed by atoms with Gasteiger partial charge in [-0.1, -0.05) is 18.2 Å². The number of hydrogen-bond acceptors (Lipinski definition) is 8. The van der Waals surface area contributed by atoms with Gasteiger partial charge in [0.2, 0.25) is 0 Å². The second-order valence-electron chi connectivity index (χ2n) is 8.95. The lowest BCUT2D eigenvalue weighted by molar-refractivity contribution is 0.0577. The van der Waals surface area contributed by atoms with Crippen molar-refractivity contribution in [2.45, 2.75) is 44.6 Å². The van der Waals surface area contributed by atoms with Gasteiger partial charge in [-0.05, 0) is 38.4 Å². The topological polar surface area (TPSA) is 151 Å². The van der Waals surface area contributed by atoms with E-state index in [-0.39, 0.29) is 11.5 Å². The van der Waals surface area contributed by atoms with Crippen LogP contribution in [0.25, 0.3) is 22.4 Å². The van der Waals surface area contributed by atoms with E-state index in [0.717, 1.165) is 16.7 Å². The molecule has 1 aliphatic rings. The lowest BCUT2D eigenvalue weighted by Gasteiger charge is -2.29. The minimum Gasteiger partial charge on any atom is -0.391 e. The Labute approximate surface area is 191 Å². The number of piperidine rings is 1. The average Bonchev–Trinajstić information content (AvgIpc) is 3.22. The molecule has 1 saturated heterocycles. The molecule has 0 unspecified atom stereocenters. The normalized spacial score (nSPS) is 18.8. The summed E-state index contributed by atoms with van der Waals surface area (Å²) in [5.74, 6) is -0.447. The monoisotopic (exact) mass is 451 g/mol. The molecule has 0 aliphatic carbocycles. The van der Waals surface area contributed by atoms with Crippen molar-refractivity contribution in [3.05, 3.63) is 48.5 Å². The first-order valence-electron chi connectivity index (χ1n) is 10.9. The van der Waals surface area contributed by atoms with Crippen molar-refractivity contribution in [1.29, 1.82) is 0 Å². The van der Waals surface area contributed by atoms with E-state index in [9.17, 15) is 15.0 Å². The molecule has 1 aliphatic heterocycles. The molecule has 4 rings (SSSR count). The van der Waals surface area contributed by atoms with Crippen LogP contribution in [-0.4, -0.2) is 66.7 Å². The number of nitrogen functional groups attached to an aromatic ring is 1. The number of aliphatic hydroxyl groups is 2. The average molecular weight is 452 g/mol. The number of anilines is 1. The SMILES string of the molecule is CC(C)(O)Cn1cc(-c2cccc(-c3cnc(N)c(C(=O)N[C@@H]4CNCC[C@H]4O)n3)c2)cn1. The fraction of sp³-hybridized carbons (Fsp3) is 0.391. The van der Waals surface area contributed by atoms with Gasteiger partial charge in [0.05, 0.1) is 42.4 Å². The van der Waals surface area contributed by atoms with Crippen LogP contribution in [0.4, 0.5) is 5.82 Å². The van der Waals surface area contributed by atoms with Crippen molar-refractivity contribution in [3.63, 3.8) is 0 Å². The summed E-state index contributed by atoms with van der Waals surface area (Å²) in [6.45, 7) is 5.02. The molecule has 1 amide bonds. The molecule has 33 heavy (non-hydrogen) atoms. The molecule has 2 atom stereocenters. The number of nitrogens with zero attached hydrogens (tertiary/aromatic N) is 4. The van der Waals surface area contributed by atoms with Crippen LogP contribution in [0.15, 0.2) is 42.9 Å². The smallest absolute Gasteiger partial charge is 0.274 e. The third kappa shape index (κ3) is 5.54. The molecule has 2 aromatic heterocycles. The fourth-order valence-electron chi connectivity index (χ4n) is 3.79. The Morgan fingerprint density at radius 3 is 2.85 bits per heavy atom. The zero-order valence-corrected chi connectivity index (χ0v) is 18.7. The van der Waals surface area contributed by atoms with E-state index in [0.29, 0.717) is 31.7 Å². The van der Waals surface area contributed by atoms with Crippen molar-refractivity contribution in [2.24, 2.45) is 0 Å². The summed E-state index contributed by atoms with van der Waals surface area (Å²) in [6, 6.07) is 7.23. The van der Waals surface area contributed by atoms with Crippen molar-refractivity contribution in [3.8, 4) is 22.4 Å². The standard InChI is InChI=1S/C23H29N7O3/c1-23(2,33)13-30-12-16(9-27-30)14-4-3-5-15(8-14)17-11-26-21(24)20(28-17)22(32)29-18-10-25-7-6-19(18)31/h3-5,8-9,11-12,18-19,25,31,33H,6-7,10,13H2,1-2H3,(H2,24,26)(H,29,32)/t18-,19-/m1/s1. The van der Waals surface area contributed by atoms with Crippen LogP contribution in [-0.2, 0) is 6.54 Å². The van der Waals surface area contributed by atoms with Crippen LogP contribution in [0, 0.1) is 0 Å². The first-order chi connectivity index (χ1) is 15.7. The van der Waals surface area contributed by atoms with Gasteiger partial charge < -0.3 is 26.6 Å². The van der Waals surface area contributed by atoms with Gasteiger partial charge in [-0.15, -0.1) is 0 Å². The number of carbonyl (C=O) groups excluding carboxylic acids is 1. The van der Waals surface area contributed by atoms with Crippen molar-refractivity contribution in [2.75, 3.05) is 18.8 Å². The molecule has 10 nitrogen and oxygen atoms in total. The first-order valence-corrected chi connectivity index (χ1v) is 10.9. The summed E-state index contributed by atoms with van der Waals surface area (Å²) in [4.78, 5) is 21.4. The highest BCUT2D eigenvalue weighted by molar-refractivity contribution is 5.97. The Balaban J connectivity index is 1.57. The number of benzene rings is 1. The van der Waals surface area contributed by atoms with Gasteiger partial charge in [0.15, 0.2) is 11.5 Å². The number of aliphatic hydroxyl groups excluding tert-OH is 1. The second kappa shape index (κ2) is 9.26. The predicted molar refractivity (Wildman–Crippen MR) is 124 cm³/mol. The van der Waals surface area contributed by atoms with Crippen molar-refractivity contribution >= 4 is 11.7 Å². The predicted octanol–water partition coefficient (Wildman–Crippen LogP) is 0.813. The Kier molecular flexibility index (Phi) is 6.41. The number of hydrogen-bond donors (Lipinski definition) is 5. The third-order valence-corrected chi connectivity index (χ3v) is 5.45. The van der Waals surface area contributed by atoms with E-state index in [2.05, 4.69) is 25.7 Å². The maximum Gasteiger partial charge on any atom is 0.274 e. The quantitative estimate of drug-likeness (QED) is 0.369. The molecule has 10 heteroatoms. The molecule has 3 heterocycles. The van der Waals surface area contributed by atoms with Gasteiger partial charge in [0, 0.05) is 23.9 Å². The largest absolute Gasteiger partial charge is 0.391 e. The molecule has 174 valence electrons. The number of amides is 1. The molecule has 0 spiro atoms. The van der Waals surface area contributed by atoms with Gasteiger partial charge in [0.1, 0.15) is 0 Å². The molecular formula is C23H29N7O3. The van der Waals surface area contributed by atoms with Gasteiger partial charge in [-0.25, -0.2) is 9.97 Å². The zero-order chi connectivity index (χ0) is 23.6. The van der Waals surface area contributed by atoms with Crippen molar-refractivity contribution in [1.82, 2.24) is 30.4 Å². The summed E-state index contributed by atoms with van der Waals surface area (Å²) in [5, 5.41) is 30.4. The van der Waals surface area contributed by atoms with Gasteiger partial charge >= 0.3 is 0 Å². The van der Waals surface area contributed by atoms with E-state index in [1.54, 1.807) is 24.7 Å². The van der Waals surface area contributed by atoms with Crippen LogP contribution in [0.5, 0.6) is 0 Å². The molecule has 1 fully saturated rings. The van der Waals surface area contributed by atoms with Crippen LogP contribution in [0.2, 0.25) is 0 Å². The highest BCUT2D eigenvalue weighted by atomic mass is 16.3. The van der Waals surface area contributed by atoms with Crippen LogP contribution >= 0.6 is 0 Å². The maximum atomic E-state index is 12.8. The number of rotatable bonds is 6. The van der Waals surface area contributed by atoms with E-state index in [4.69, 9.17) is 5.73 Å². The second-order valence-corrected chi connectivity index (χ2v) is 8.95. The molecule has 6 N–H and O–H groups in total. The van der Waals surface area contributed by atoms with Gasteiger partial charge in [0.25, 0.3) is 5.91 Å². The van der Waals surface area contributed by atoms with Crippen LogP contribution in [0.3, 0.4) is 0 Å². The number of nitrogens with two attached hydrogens (primary N) is 1. The summed E-state index contributed by atoms with van der Waals surface area (Å²) in [6.07, 6.45) is 5.07. The fourth-order valence-corrected chi connectivity index (χ4v) is 3.79. The number of nitrogens with one attached hydrogen (secondary N) is 2. The van der Waals surface area contributed by atoms with E-state index in [1.165, 1.54) is 6.20 Å². The Morgan fingerprint density at radius 1 is 1.30 bits per heavy atom. The minimum atomic E-state index is -0.870. The summed E-state index contributed by atoms with van der Waals surface area (Å²) in [5.41, 5.74) is 8.16. The summed E-state index contributed by atoms with van der Waals surface area (Å²) < 4.78 is 1.70. The van der Waals surface area contributed by atoms with Crippen LogP contribution in [0.1, 0.15) is 30.8 Å². The molecule has 1 aromatic carbocycles. The lowest BCUT2D eigenvalue weighted by atomic mass is 10.0. The van der Waals surface area contributed by atoms with E-state index >= 15 is 0 Å². The van der Waals surface area contributed by atoms with E-state index < -0.39 is 23.7 Å². The Morgan fingerprint density at radius 2 is 2.09 bits per heavy atom. The summed E-state index contributed by atoms with van der Waals surface area (Å²) in [7, 11) is 0. The lowest BCUT2D eigenvalue weighted by Crippen LogP contribution is -2.53.